The molecule has 0 radical (unpaired) electrons. The van der Waals surface area contributed by atoms with Crippen molar-refractivity contribution in [2.45, 2.75) is 51.1 Å². The van der Waals surface area contributed by atoms with Crippen molar-refractivity contribution < 1.29 is 9.53 Å². The molecule has 1 aliphatic carbocycles. The molecule has 1 aliphatic rings. The molecule has 0 spiro atoms. The van der Waals surface area contributed by atoms with Crippen molar-refractivity contribution in [1.82, 2.24) is 5.32 Å². The molecule has 1 unspecified atom stereocenters. The van der Waals surface area contributed by atoms with E-state index in [1.54, 1.807) is 0 Å². The predicted octanol–water partition coefficient (Wildman–Crippen LogP) is 2.92. The second-order valence-electron chi connectivity index (χ2n) is 5.56. The van der Waals surface area contributed by atoms with Crippen LogP contribution in [0.25, 0.3) is 0 Å². The number of rotatable bonds is 4. The van der Waals surface area contributed by atoms with Gasteiger partial charge < -0.3 is 4.74 Å². The summed E-state index contributed by atoms with van der Waals surface area (Å²) < 4.78 is 5.03. The molecule has 19 heavy (non-hydrogen) atoms. The molecular formula is C16H23NO2. The van der Waals surface area contributed by atoms with Crippen LogP contribution in [0.1, 0.15) is 43.7 Å². The van der Waals surface area contributed by atoms with Gasteiger partial charge in [-0.25, -0.2) is 4.79 Å². The lowest BCUT2D eigenvalue weighted by Crippen LogP contribution is -2.51. The van der Waals surface area contributed by atoms with Crippen LogP contribution in [0.2, 0.25) is 0 Å². The van der Waals surface area contributed by atoms with Crippen molar-refractivity contribution in [1.29, 1.82) is 0 Å². The first-order valence-corrected chi connectivity index (χ1v) is 7.00. The van der Waals surface area contributed by atoms with Gasteiger partial charge in [0.2, 0.25) is 0 Å². The Balaban J connectivity index is 2.33. The molecule has 1 atom stereocenters. The molecule has 3 nitrogen and oxygen atoms in total. The highest BCUT2D eigenvalue weighted by molar-refractivity contribution is 5.82. The topological polar surface area (TPSA) is 38.3 Å². The Morgan fingerprint density at radius 3 is 2.53 bits per heavy atom. The van der Waals surface area contributed by atoms with Crippen molar-refractivity contribution in [3.63, 3.8) is 0 Å². The largest absolute Gasteiger partial charge is 0.467 e. The van der Waals surface area contributed by atoms with Gasteiger partial charge in [0.15, 0.2) is 0 Å². The summed E-state index contributed by atoms with van der Waals surface area (Å²) in [5.41, 5.74) is 1.37. The molecule has 1 saturated carbocycles. The monoisotopic (exact) mass is 261 g/mol. The van der Waals surface area contributed by atoms with E-state index in [0.29, 0.717) is 6.04 Å². The highest BCUT2D eigenvalue weighted by Gasteiger charge is 2.39. The zero-order valence-corrected chi connectivity index (χ0v) is 12.0. The molecule has 104 valence electrons. The molecular weight excluding hydrogens is 238 g/mol. The van der Waals surface area contributed by atoms with Gasteiger partial charge in [-0.3, -0.25) is 5.32 Å². The Kier molecular flexibility index (Phi) is 4.25. The van der Waals surface area contributed by atoms with Gasteiger partial charge in [0, 0.05) is 6.04 Å². The number of benzene rings is 1. The summed E-state index contributed by atoms with van der Waals surface area (Å²) in [5, 5.41) is 3.53. The molecule has 0 bridgehead atoms. The van der Waals surface area contributed by atoms with Crippen molar-refractivity contribution in [3.8, 4) is 0 Å². The lowest BCUT2D eigenvalue weighted by Gasteiger charge is -2.33. The lowest BCUT2D eigenvalue weighted by molar-refractivity contribution is -0.148. The third kappa shape index (κ3) is 2.81. The fourth-order valence-corrected chi connectivity index (χ4v) is 3.06. The predicted molar refractivity (Wildman–Crippen MR) is 75.9 cm³/mol. The van der Waals surface area contributed by atoms with Crippen molar-refractivity contribution in [3.05, 3.63) is 35.4 Å². The Morgan fingerprint density at radius 2 is 1.95 bits per heavy atom. The Hall–Kier alpha value is -1.35. The first-order valence-electron chi connectivity index (χ1n) is 7.00. The van der Waals surface area contributed by atoms with E-state index in [0.717, 1.165) is 24.0 Å². The Morgan fingerprint density at radius 1 is 1.32 bits per heavy atom. The highest BCUT2D eigenvalue weighted by Crippen LogP contribution is 2.29. The first-order chi connectivity index (χ1) is 9.08. The fraction of sp³-hybridized carbons (Fsp3) is 0.562. The van der Waals surface area contributed by atoms with Crippen LogP contribution in [0, 0.1) is 6.92 Å². The number of hydrogen-bond acceptors (Lipinski definition) is 3. The molecule has 0 aliphatic heterocycles. The summed E-state index contributed by atoms with van der Waals surface area (Å²) in [6.07, 6.45) is 4.75. The van der Waals surface area contributed by atoms with Crippen LogP contribution >= 0.6 is 0 Å². The van der Waals surface area contributed by atoms with Gasteiger partial charge >= 0.3 is 5.97 Å². The van der Waals surface area contributed by atoms with E-state index in [1.165, 1.54) is 20.0 Å². The van der Waals surface area contributed by atoms with Crippen LogP contribution in [0.4, 0.5) is 0 Å². The van der Waals surface area contributed by atoms with Crippen molar-refractivity contribution >= 4 is 5.97 Å². The third-order valence-corrected chi connectivity index (χ3v) is 4.13. The zero-order chi connectivity index (χ0) is 13.9. The standard InChI is InChI=1S/C16H23NO2/c1-12-8-4-7-11-14(12)16(2,15(18)19-3)17-13-9-5-6-10-13/h4,7-8,11,13,17H,5-6,9-10H2,1-3H3. The zero-order valence-electron chi connectivity index (χ0n) is 12.0. The summed E-state index contributed by atoms with van der Waals surface area (Å²) in [4.78, 5) is 12.3. The molecule has 1 N–H and O–H groups in total. The number of methoxy groups -OCH3 is 1. The van der Waals surface area contributed by atoms with Gasteiger partial charge in [-0.05, 0) is 37.8 Å². The molecule has 3 heteroatoms. The van der Waals surface area contributed by atoms with Crippen LogP contribution in [-0.2, 0) is 15.1 Å². The average Bonchev–Trinajstić information content (AvgIpc) is 2.90. The SMILES string of the molecule is COC(=O)C(C)(NC1CCCC1)c1ccccc1C. The Bertz CT molecular complexity index is 452. The number of aryl methyl sites for hydroxylation is 1. The number of carbonyl (C=O) groups is 1. The number of carbonyl (C=O) groups excluding carboxylic acids is 1. The fourth-order valence-electron chi connectivity index (χ4n) is 3.06. The molecule has 0 saturated heterocycles. The molecule has 0 heterocycles. The minimum Gasteiger partial charge on any atom is -0.467 e. The van der Waals surface area contributed by atoms with E-state index in [4.69, 9.17) is 4.74 Å². The van der Waals surface area contributed by atoms with Gasteiger partial charge in [-0.15, -0.1) is 0 Å². The van der Waals surface area contributed by atoms with Gasteiger partial charge in [-0.2, -0.15) is 0 Å². The van der Waals surface area contributed by atoms with Crippen molar-refractivity contribution in [2.24, 2.45) is 0 Å². The average molecular weight is 261 g/mol. The molecule has 0 aromatic heterocycles. The van der Waals surface area contributed by atoms with E-state index < -0.39 is 5.54 Å². The van der Waals surface area contributed by atoms with Crippen molar-refractivity contribution in [2.75, 3.05) is 7.11 Å². The second kappa shape index (κ2) is 5.74. The van der Waals surface area contributed by atoms with Gasteiger partial charge in [0.1, 0.15) is 5.54 Å². The van der Waals surface area contributed by atoms with Crippen LogP contribution in [0.15, 0.2) is 24.3 Å². The van der Waals surface area contributed by atoms with E-state index in [1.807, 2.05) is 38.1 Å². The van der Waals surface area contributed by atoms with Crippen LogP contribution in [0.3, 0.4) is 0 Å². The summed E-state index contributed by atoms with van der Waals surface area (Å²) in [7, 11) is 1.45. The van der Waals surface area contributed by atoms with Gasteiger partial charge in [0.05, 0.1) is 7.11 Å². The second-order valence-corrected chi connectivity index (χ2v) is 5.56. The molecule has 1 aromatic rings. The minimum atomic E-state index is -0.755. The summed E-state index contributed by atoms with van der Waals surface area (Å²) >= 11 is 0. The highest BCUT2D eigenvalue weighted by atomic mass is 16.5. The van der Waals surface area contributed by atoms with E-state index in [2.05, 4.69) is 5.32 Å². The molecule has 2 rings (SSSR count). The van der Waals surface area contributed by atoms with E-state index in [9.17, 15) is 4.79 Å². The lowest BCUT2D eigenvalue weighted by atomic mass is 9.87. The number of esters is 1. The smallest absolute Gasteiger partial charge is 0.330 e. The van der Waals surface area contributed by atoms with Crippen LogP contribution in [-0.4, -0.2) is 19.1 Å². The number of hydrogen-bond donors (Lipinski definition) is 1. The minimum absolute atomic E-state index is 0.214. The normalized spacial score (nSPS) is 19.1. The number of ether oxygens (including phenoxy) is 1. The Labute approximate surface area is 115 Å². The van der Waals surface area contributed by atoms with E-state index >= 15 is 0 Å². The maximum Gasteiger partial charge on any atom is 0.330 e. The van der Waals surface area contributed by atoms with Gasteiger partial charge in [-0.1, -0.05) is 37.1 Å². The van der Waals surface area contributed by atoms with Gasteiger partial charge in [0.25, 0.3) is 0 Å². The summed E-state index contributed by atoms with van der Waals surface area (Å²) in [6, 6.07) is 8.41. The first kappa shape index (κ1) is 14.1. The molecule has 1 fully saturated rings. The number of nitrogens with one attached hydrogen (secondary N) is 1. The summed E-state index contributed by atoms with van der Waals surface area (Å²) in [5.74, 6) is -0.214. The quantitative estimate of drug-likeness (QED) is 0.847. The molecule has 0 amide bonds. The molecule has 1 aromatic carbocycles. The van der Waals surface area contributed by atoms with Crippen LogP contribution in [0.5, 0.6) is 0 Å². The maximum atomic E-state index is 12.3. The summed E-state index contributed by atoms with van der Waals surface area (Å²) in [6.45, 7) is 3.96. The third-order valence-electron chi connectivity index (χ3n) is 4.13. The van der Waals surface area contributed by atoms with Crippen LogP contribution < -0.4 is 5.32 Å². The van der Waals surface area contributed by atoms with E-state index in [-0.39, 0.29) is 5.97 Å². The maximum absolute atomic E-state index is 12.3.